The second-order valence-electron chi connectivity index (χ2n) is 4.85. The van der Waals surface area contributed by atoms with Gasteiger partial charge in [-0.05, 0) is 18.6 Å². The first-order valence-corrected chi connectivity index (χ1v) is 7.89. The highest BCUT2D eigenvalue weighted by atomic mass is 35.5. The van der Waals surface area contributed by atoms with E-state index in [4.69, 9.17) is 11.6 Å². The lowest BCUT2D eigenvalue weighted by Gasteiger charge is -2.13. The summed E-state index contributed by atoms with van der Waals surface area (Å²) in [5.74, 6) is -0.127. The number of benzene rings is 2. The predicted molar refractivity (Wildman–Crippen MR) is 89.2 cm³/mol. The number of hydrogen-bond donors (Lipinski definition) is 1. The normalized spacial score (nSPS) is 12.3. The van der Waals surface area contributed by atoms with Crippen molar-refractivity contribution in [3.63, 3.8) is 0 Å². The van der Waals surface area contributed by atoms with Crippen molar-refractivity contribution >= 4 is 38.9 Å². The van der Waals surface area contributed by atoms with E-state index in [2.05, 4.69) is 5.32 Å². The van der Waals surface area contributed by atoms with Crippen LogP contribution in [-0.2, 0) is 0 Å². The fourth-order valence-corrected chi connectivity index (χ4v) is 3.67. The summed E-state index contributed by atoms with van der Waals surface area (Å²) in [4.78, 5) is 13.0. The minimum Gasteiger partial charge on any atom is -0.345 e. The van der Waals surface area contributed by atoms with Crippen LogP contribution in [0.4, 0.5) is 0 Å². The van der Waals surface area contributed by atoms with Crippen molar-refractivity contribution in [2.24, 2.45) is 0 Å². The molecule has 1 amide bonds. The van der Waals surface area contributed by atoms with E-state index in [1.54, 1.807) is 0 Å². The first kappa shape index (κ1) is 14.1. The summed E-state index contributed by atoms with van der Waals surface area (Å²) in [6.45, 7) is 1.97. The van der Waals surface area contributed by atoms with Crippen molar-refractivity contribution in [3.8, 4) is 0 Å². The van der Waals surface area contributed by atoms with Gasteiger partial charge in [0.25, 0.3) is 5.91 Å². The number of carbonyl (C=O) groups excluding carboxylic acids is 1. The van der Waals surface area contributed by atoms with E-state index in [-0.39, 0.29) is 11.9 Å². The van der Waals surface area contributed by atoms with Gasteiger partial charge in [-0.15, -0.1) is 11.3 Å². The summed E-state index contributed by atoms with van der Waals surface area (Å²) in [5, 5.41) is 4.47. The lowest BCUT2D eigenvalue weighted by molar-refractivity contribution is 0.0944. The Morgan fingerprint density at radius 3 is 2.48 bits per heavy atom. The second-order valence-corrected chi connectivity index (χ2v) is 6.28. The molecular weight excluding hydrogens is 302 g/mol. The summed E-state index contributed by atoms with van der Waals surface area (Å²) >= 11 is 7.76. The van der Waals surface area contributed by atoms with E-state index in [1.165, 1.54) is 11.3 Å². The van der Waals surface area contributed by atoms with Gasteiger partial charge in [0.1, 0.15) is 4.88 Å². The molecule has 0 saturated heterocycles. The van der Waals surface area contributed by atoms with Crippen LogP contribution in [0.25, 0.3) is 10.1 Å². The number of nitrogens with one attached hydrogen (secondary N) is 1. The molecule has 0 aliphatic rings. The van der Waals surface area contributed by atoms with Crippen LogP contribution in [0.3, 0.4) is 0 Å². The van der Waals surface area contributed by atoms with Gasteiger partial charge >= 0.3 is 0 Å². The first-order chi connectivity index (χ1) is 10.2. The molecule has 21 heavy (non-hydrogen) atoms. The lowest BCUT2D eigenvalue weighted by atomic mass is 10.1. The molecule has 0 fully saturated rings. The maximum atomic E-state index is 12.4. The molecule has 0 aliphatic carbocycles. The SMILES string of the molecule is C[C@H](NC(=O)c1sc2ccccc2c1Cl)c1ccccc1. The van der Waals surface area contributed by atoms with Crippen LogP contribution in [0.15, 0.2) is 54.6 Å². The maximum Gasteiger partial charge on any atom is 0.263 e. The third-order valence-corrected chi connectivity index (χ3v) is 5.06. The van der Waals surface area contributed by atoms with Crippen LogP contribution in [-0.4, -0.2) is 5.91 Å². The van der Waals surface area contributed by atoms with Crippen LogP contribution in [0.5, 0.6) is 0 Å². The van der Waals surface area contributed by atoms with Crippen LogP contribution in [0.2, 0.25) is 5.02 Å². The van der Waals surface area contributed by atoms with Gasteiger partial charge in [-0.1, -0.05) is 60.1 Å². The molecule has 1 N–H and O–H groups in total. The quantitative estimate of drug-likeness (QED) is 0.720. The van der Waals surface area contributed by atoms with Gasteiger partial charge < -0.3 is 5.32 Å². The molecule has 4 heteroatoms. The highest BCUT2D eigenvalue weighted by Gasteiger charge is 2.18. The minimum absolute atomic E-state index is 0.0556. The van der Waals surface area contributed by atoms with Gasteiger partial charge in [0.15, 0.2) is 0 Å². The Balaban J connectivity index is 1.86. The van der Waals surface area contributed by atoms with Crippen molar-refractivity contribution in [2.75, 3.05) is 0 Å². The molecule has 0 saturated carbocycles. The number of carbonyl (C=O) groups is 1. The summed E-state index contributed by atoms with van der Waals surface area (Å²) in [6.07, 6.45) is 0. The van der Waals surface area contributed by atoms with E-state index in [1.807, 2.05) is 61.5 Å². The molecule has 0 bridgehead atoms. The standard InChI is InChI=1S/C17H14ClNOS/c1-11(12-7-3-2-4-8-12)19-17(20)16-15(18)13-9-5-6-10-14(13)21-16/h2-11H,1H3,(H,19,20)/t11-/m0/s1. The molecule has 0 spiro atoms. The highest BCUT2D eigenvalue weighted by molar-refractivity contribution is 7.21. The number of fused-ring (bicyclic) bond motifs is 1. The van der Waals surface area contributed by atoms with Crippen molar-refractivity contribution in [1.29, 1.82) is 0 Å². The van der Waals surface area contributed by atoms with Crippen LogP contribution < -0.4 is 5.32 Å². The van der Waals surface area contributed by atoms with Crippen molar-refractivity contribution < 1.29 is 4.79 Å². The minimum atomic E-state index is -0.127. The summed E-state index contributed by atoms with van der Waals surface area (Å²) in [7, 11) is 0. The molecular formula is C17H14ClNOS. The van der Waals surface area contributed by atoms with Crippen molar-refractivity contribution in [1.82, 2.24) is 5.32 Å². The molecule has 2 aromatic carbocycles. The Morgan fingerprint density at radius 2 is 1.76 bits per heavy atom. The van der Waals surface area contributed by atoms with Crippen LogP contribution in [0, 0.1) is 0 Å². The molecule has 0 aliphatic heterocycles. The molecule has 1 aromatic heterocycles. The van der Waals surface area contributed by atoms with E-state index < -0.39 is 0 Å². The number of halogens is 1. The Hall–Kier alpha value is -1.84. The predicted octanol–water partition coefficient (Wildman–Crippen LogP) is 5.05. The van der Waals surface area contributed by atoms with Gasteiger partial charge in [0, 0.05) is 10.1 Å². The van der Waals surface area contributed by atoms with Crippen LogP contribution >= 0.6 is 22.9 Å². The first-order valence-electron chi connectivity index (χ1n) is 6.69. The van der Waals surface area contributed by atoms with Crippen LogP contribution in [0.1, 0.15) is 28.2 Å². The largest absolute Gasteiger partial charge is 0.345 e. The van der Waals surface area contributed by atoms with Crippen molar-refractivity contribution in [2.45, 2.75) is 13.0 Å². The summed E-state index contributed by atoms with van der Waals surface area (Å²) in [5.41, 5.74) is 1.07. The zero-order valence-electron chi connectivity index (χ0n) is 11.5. The third-order valence-electron chi connectivity index (χ3n) is 3.39. The Morgan fingerprint density at radius 1 is 1.10 bits per heavy atom. The molecule has 0 unspecified atom stereocenters. The maximum absolute atomic E-state index is 12.4. The topological polar surface area (TPSA) is 29.1 Å². The van der Waals surface area contributed by atoms with E-state index in [9.17, 15) is 4.79 Å². The van der Waals surface area contributed by atoms with Gasteiger partial charge in [-0.25, -0.2) is 0 Å². The zero-order chi connectivity index (χ0) is 14.8. The molecule has 2 nitrogen and oxygen atoms in total. The Labute approximate surface area is 132 Å². The fourth-order valence-electron chi connectivity index (χ4n) is 2.25. The van der Waals surface area contributed by atoms with E-state index >= 15 is 0 Å². The summed E-state index contributed by atoms with van der Waals surface area (Å²) < 4.78 is 1.03. The molecule has 1 atom stereocenters. The molecule has 3 rings (SSSR count). The molecule has 106 valence electrons. The fraction of sp³-hybridized carbons (Fsp3) is 0.118. The third kappa shape index (κ3) is 2.80. The monoisotopic (exact) mass is 315 g/mol. The number of rotatable bonds is 3. The summed E-state index contributed by atoms with van der Waals surface area (Å²) in [6, 6.07) is 17.6. The van der Waals surface area contributed by atoms with E-state index in [0.29, 0.717) is 9.90 Å². The average Bonchev–Trinajstić information content (AvgIpc) is 2.86. The average molecular weight is 316 g/mol. The molecule has 3 aromatic rings. The van der Waals surface area contributed by atoms with Gasteiger partial charge in [-0.3, -0.25) is 4.79 Å². The number of hydrogen-bond acceptors (Lipinski definition) is 2. The molecule has 0 radical (unpaired) electrons. The number of thiophene rings is 1. The number of amides is 1. The Bertz CT molecular complexity index is 782. The molecule has 1 heterocycles. The van der Waals surface area contributed by atoms with Crippen molar-refractivity contribution in [3.05, 3.63) is 70.1 Å². The zero-order valence-corrected chi connectivity index (χ0v) is 13.0. The lowest BCUT2D eigenvalue weighted by Crippen LogP contribution is -2.26. The van der Waals surface area contributed by atoms with Gasteiger partial charge in [0.05, 0.1) is 11.1 Å². The Kier molecular flexibility index (Phi) is 3.95. The second kappa shape index (κ2) is 5.88. The van der Waals surface area contributed by atoms with Gasteiger partial charge in [0.2, 0.25) is 0 Å². The smallest absolute Gasteiger partial charge is 0.263 e. The van der Waals surface area contributed by atoms with Gasteiger partial charge in [-0.2, -0.15) is 0 Å². The highest BCUT2D eigenvalue weighted by Crippen LogP contribution is 2.35. The van der Waals surface area contributed by atoms with E-state index in [0.717, 1.165) is 15.6 Å².